The van der Waals surface area contributed by atoms with Gasteiger partial charge in [-0.15, -0.1) is 0 Å². The predicted molar refractivity (Wildman–Crippen MR) is 152 cm³/mol. The number of hydrogen-bond acceptors (Lipinski definition) is 7. The maximum Gasteiger partial charge on any atom is 0.320 e. The van der Waals surface area contributed by atoms with Gasteiger partial charge in [0.15, 0.2) is 17.3 Å². The molecule has 0 spiro atoms. The van der Waals surface area contributed by atoms with Gasteiger partial charge in [-0.25, -0.2) is 13.8 Å². The molecule has 4 N–H and O–H groups in total. The van der Waals surface area contributed by atoms with Gasteiger partial charge in [-0.1, -0.05) is 23.7 Å². The number of nitrogen functional groups attached to an aromatic ring is 1. The van der Waals surface area contributed by atoms with E-state index >= 15 is 0 Å². The van der Waals surface area contributed by atoms with Crippen LogP contribution in [0.1, 0.15) is 23.2 Å². The molecule has 10 nitrogen and oxygen atoms in total. The summed E-state index contributed by atoms with van der Waals surface area (Å²) in [5.74, 6) is -3.22. The minimum absolute atomic E-state index is 0.00944. The van der Waals surface area contributed by atoms with Crippen LogP contribution >= 0.6 is 11.6 Å². The van der Waals surface area contributed by atoms with Crippen molar-refractivity contribution in [3.8, 4) is 22.6 Å². The van der Waals surface area contributed by atoms with Crippen LogP contribution in [0, 0.1) is 11.6 Å². The SMILES string of the molecule is Nc1nccc(Oc2ccc(NC(=O)c3cn(CN4CCCC4C(=O)O)cc(-c4ccc(F)cc4)c3=O)cc2F)c1Cl. The van der Waals surface area contributed by atoms with Crippen LogP contribution in [0.15, 0.2) is 71.9 Å². The van der Waals surface area contributed by atoms with Crippen LogP contribution < -0.4 is 21.2 Å². The van der Waals surface area contributed by atoms with E-state index in [1.54, 1.807) is 4.90 Å². The van der Waals surface area contributed by atoms with Crippen LogP contribution in [0.2, 0.25) is 5.02 Å². The summed E-state index contributed by atoms with van der Waals surface area (Å²) in [4.78, 5) is 44.0. The van der Waals surface area contributed by atoms with Gasteiger partial charge in [-0.05, 0) is 42.7 Å². The molecule has 0 radical (unpaired) electrons. The van der Waals surface area contributed by atoms with Crippen molar-refractivity contribution in [1.82, 2.24) is 14.5 Å². The van der Waals surface area contributed by atoms with Crippen LogP contribution in [0.4, 0.5) is 20.3 Å². The minimum atomic E-state index is -0.964. The molecule has 0 saturated carbocycles. The largest absolute Gasteiger partial charge is 0.480 e. The third-order valence-corrected chi connectivity index (χ3v) is 7.14. The fraction of sp³-hybridized carbons (Fsp3) is 0.172. The zero-order valence-corrected chi connectivity index (χ0v) is 22.6. The molecule has 0 aliphatic carbocycles. The average molecular weight is 596 g/mol. The first kappa shape index (κ1) is 28.7. The number of halogens is 3. The molecule has 2 aromatic heterocycles. The molecule has 1 aliphatic heterocycles. The van der Waals surface area contributed by atoms with Crippen LogP contribution in [0.25, 0.3) is 11.1 Å². The van der Waals surface area contributed by atoms with Crippen molar-refractivity contribution in [1.29, 1.82) is 0 Å². The zero-order chi connectivity index (χ0) is 30.0. The summed E-state index contributed by atoms with van der Waals surface area (Å²) in [7, 11) is 0. The normalized spacial score (nSPS) is 15.0. The van der Waals surface area contributed by atoms with E-state index in [0.717, 1.165) is 6.07 Å². The van der Waals surface area contributed by atoms with Gasteiger partial charge >= 0.3 is 5.97 Å². The number of carboxylic acid groups (broad SMARTS) is 1. The number of hydrogen-bond donors (Lipinski definition) is 3. The Morgan fingerprint density at radius 2 is 1.88 bits per heavy atom. The summed E-state index contributed by atoms with van der Waals surface area (Å²) in [6.45, 7) is 0.607. The number of ether oxygens (including phenoxy) is 1. The Kier molecular flexibility index (Phi) is 8.18. The molecule has 1 amide bonds. The van der Waals surface area contributed by atoms with E-state index in [9.17, 15) is 28.3 Å². The molecule has 2 aromatic carbocycles. The lowest BCUT2D eigenvalue weighted by Gasteiger charge is -2.23. The van der Waals surface area contributed by atoms with E-state index in [2.05, 4.69) is 10.3 Å². The van der Waals surface area contributed by atoms with E-state index in [1.165, 1.54) is 65.6 Å². The second-order valence-electron chi connectivity index (χ2n) is 9.60. The fourth-order valence-corrected chi connectivity index (χ4v) is 4.84. The van der Waals surface area contributed by atoms with Crippen molar-refractivity contribution in [3.05, 3.63) is 99.6 Å². The van der Waals surface area contributed by atoms with Crippen LogP contribution in [0.3, 0.4) is 0 Å². The summed E-state index contributed by atoms with van der Waals surface area (Å²) in [5, 5.41) is 12.1. The lowest BCUT2D eigenvalue weighted by molar-refractivity contribution is -0.142. The highest BCUT2D eigenvalue weighted by Crippen LogP contribution is 2.34. The van der Waals surface area contributed by atoms with Gasteiger partial charge in [0.25, 0.3) is 5.91 Å². The molecule has 1 atom stereocenters. The first-order valence-corrected chi connectivity index (χ1v) is 13.1. The van der Waals surface area contributed by atoms with Crippen LogP contribution in [-0.4, -0.2) is 44.0 Å². The lowest BCUT2D eigenvalue weighted by atomic mass is 10.0. The molecule has 1 saturated heterocycles. The smallest absolute Gasteiger partial charge is 0.320 e. The number of nitrogens with one attached hydrogen (secondary N) is 1. The first-order chi connectivity index (χ1) is 20.1. The van der Waals surface area contributed by atoms with Crippen LogP contribution in [-0.2, 0) is 11.5 Å². The lowest BCUT2D eigenvalue weighted by Crippen LogP contribution is -2.37. The number of nitrogens with two attached hydrogens (primary N) is 1. The Labute approximate surface area is 242 Å². The topological polar surface area (TPSA) is 140 Å². The number of carboxylic acids is 1. The molecule has 13 heteroatoms. The van der Waals surface area contributed by atoms with Crippen molar-refractivity contribution >= 4 is 35.0 Å². The summed E-state index contributed by atoms with van der Waals surface area (Å²) in [6, 6.07) is 9.54. The van der Waals surface area contributed by atoms with Crippen molar-refractivity contribution in [2.75, 3.05) is 17.6 Å². The first-order valence-electron chi connectivity index (χ1n) is 12.8. The molecule has 1 fully saturated rings. The molecular weight excluding hydrogens is 572 g/mol. The highest BCUT2D eigenvalue weighted by molar-refractivity contribution is 6.34. The van der Waals surface area contributed by atoms with Crippen molar-refractivity contribution in [3.63, 3.8) is 0 Å². The summed E-state index contributed by atoms with van der Waals surface area (Å²) in [5.41, 5.74) is 5.24. The maximum atomic E-state index is 14.9. The summed E-state index contributed by atoms with van der Waals surface area (Å²) >= 11 is 6.06. The third kappa shape index (κ3) is 6.09. The zero-order valence-electron chi connectivity index (χ0n) is 21.9. The number of aromatic nitrogens is 2. The van der Waals surface area contributed by atoms with Gasteiger partial charge in [-0.3, -0.25) is 19.3 Å². The number of likely N-dealkylation sites (tertiary alicyclic amines) is 1. The second-order valence-corrected chi connectivity index (χ2v) is 9.97. The van der Waals surface area contributed by atoms with E-state index in [0.29, 0.717) is 24.9 Å². The minimum Gasteiger partial charge on any atom is -0.480 e. The number of benzene rings is 2. The van der Waals surface area contributed by atoms with E-state index in [4.69, 9.17) is 22.1 Å². The Morgan fingerprint density at radius 1 is 1.12 bits per heavy atom. The number of rotatable bonds is 8. The molecule has 5 rings (SSSR count). The van der Waals surface area contributed by atoms with E-state index in [1.807, 2.05) is 0 Å². The number of nitrogens with zero attached hydrogens (tertiary/aromatic N) is 3. The predicted octanol–water partition coefficient (Wildman–Crippen LogP) is 4.98. The van der Waals surface area contributed by atoms with E-state index in [-0.39, 0.29) is 45.8 Å². The Morgan fingerprint density at radius 3 is 2.60 bits per heavy atom. The van der Waals surface area contributed by atoms with Gasteiger partial charge in [0.05, 0.1) is 6.67 Å². The molecule has 4 aromatic rings. The molecular formula is C29H24ClF2N5O5. The van der Waals surface area contributed by atoms with E-state index < -0.39 is 35.0 Å². The Balaban J connectivity index is 1.44. The van der Waals surface area contributed by atoms with Gasteiger partial charge in [0.2, 0.25) is 5.43 Å². The van der Waals surface area contributed by atoms with Crippen LogP contribution in [0.5, 0.6) is 11.5 Å². The van der Waals surface area contributed by atoms with Gasteiger partial charge in [0, 0.05) is 48.5 Å². The molecule has 216 valence electrons. The van der Waals surface area contributed by atoms with Crippen molar-refractivity contribution in [2.24, 2.45) is 0 Å². The number of anilines is 2. The highest BCUT2D eigenvalue weighted by atomic mass is 35.5. The van der Waals surface area contributed by atoms with Gasteiger partial charge in [-0.2, -0.15) is 0 Å². The Bertz CT molecular complexity index is 1730. The second kappa shape index (κ2) is 12.0. The maximum absolute atomic E-state index is 14.9. The highest BCUT2D eigenvalue weighted by Gasteiger charge is 2.30. The van der Waals surface area contributed by atoms with Crippen molar-refractivity contribution in [2.45, 2.75) is 25.6 Å². The molecule has 1 aliphatic rings. The molecule has 3 heterocycles. The summed E-state index contributed by atoms with van der Waals surface area (Å²) < 4.78 is 35.5. The quantitative estimate of drug-likeness (QED) is 0.259. The third-order valence-electron chi connectivity index (χ3n) is 6.76. The number of pyridine rings is 2. The summed E-state index contributed by atoms with van der Waals surface area (Å²) in [6.07, 6.45) is 5.31. The number of amides is 1. The Hall–Kier alpha value is -4.81. The molecule has 42 heavy (non-hydrogen) atoms. The molecule has 1 unspecified atom stereocenters. The monoisotopic (exact) mass is 595 g/mol. The standard InChI is InChI=1S/C29H24ClF2N5O5/c30-25-24(9-10-34-27(25)33)42-23-8-7-18(12-21(23)32)35-28(39)20-14-36(15-37-11-1-2-22(37)29(40)41)13-19(26(20)38)16-3-5-17(31)6-4-16/h3-10,12-14,22H,1-2,11,15H2,(H2,33,34)(H,35,39)(H,40,41). The van der Waals surface area contributed by atoms with Gasteiger partial charge < -0.3 is 25.5 Å². The van der Waals surface area contributed by atoms with Gasteiger partial charge in [0.1, 0.15) is 28.3 Å². The fourth-order valence-electron chi connectivity index (χ4n) is 4.69. The van der Waals surface area contributed by atoms with Crippen molar-refractivity contribution < 1.29 is 28.2 Å². The number of carbonyl (C=O) groups excluding carboxylic acids is 1. The average Bonchev–Trinajstić information content (AvgIpc) is 3.42. The molecule has 0 bridgehead atoms. The number of carbonyl (C=O) groups is 2. The number of aliphatic carboxylic acids is 1.